The van der Waals surface area contributed by atoms with Crippen molar-refractivity contribution >= 4 is 11.6 Å². The average Bonchev–Trinajstić information content (AvgIpc) is 2.76. The minimum atomic E-state index is -4.74. The number of nitrogens with zero attached hydrogens (tertiary/aromatic N) is 1. The van der Waals surface area contributed by atoms with E-state index in [0.717, 1.165) is 23.4 Å². The molecule has 0 aliphatic carbocycles. The smallest absolute Gasteiger partial charge is 0.406 e. The normalized spacial score (nSPS) is 11.3. The Morgan fingerprint density at radius 3 is 2.43 bits per heavy atom. The maximum absolute atomic E-state index is 12.0. The lowest BCUT2D eigenvalue weighted by atomic mass is 10.1. The van der Waals surface area contributed by atoms with Crippen LogP contribution in [-0.2, 0) is 11.2 Å². The van der Waals surface area contributed by atoms with Gasteiger partial charge in [-0.2, -0.15) is 0 Å². The van der Waals surface area contributed by atoms with E-state index in [1.807, 2.05) is 0 Å². The van der Waals surface area contributed by atoms with E-state index in [1.54, 1.807) is 13.8 Å². The van der Waals surface area contributed by atoms with Gasteiger partial charge in [-0.1, -0.05) is 5.16 Å². The van der Waals surface area contributed by atoms with Crippen molar-refractivity contribution in [3.05, 3.63) is 41.3 Å². The van der Waals surface area contributed by atoms with E-state index in [0.29, 0.717) is 17.9 Å². The van der Waals surface area contributed by atoms with E-state index < -0.39 is 6.36 Å². The number of benzene rings is 1. The average molecular weight is 328 g/mol. The van der Waals surface area contributed by atoms with Gasteiger partial charge >= 0.3 is 6.36 Å². The van der Waals surface area contributed by atoms with Gasteiger partial charge in [-0.3, -0.25) is 4.79 Å². The Balaban J connectivity index is 1.88. The molecule has 0 unspecified atom stereocenters. The summed E-state index contributed by atoms with van der Waals surface area (Å²) < 4.78 is 44.9. The van der Waals surface area contributed by atoms with Gasteiger partial charge in [0.05, 0.1) is 5.69 Å². The summed E-state index contributed by atoms with van der Waals surface area (Å²) in [7, 11) is 0. The van der Waals surface area contributed by atoms with Crippen LogP contribution in [-0.4, -0.2) is 17.4 Å². The molecule has 5 nitrogen and oxygen atoms in total. The van der Waals surface area contributed by atoms with Crippen LogP contribution in [0.2, 0.25) is 0 Å². The summed E-state index contributed by atoms with van der Waals surface area (Å²) in [5.74, 6) is 0.0738. The zero-order valence-corrected chi connectivity index (χ0v) is 12.5. The number of carbonyl (C=O) groups excluding carboxylic acids is 1. The lowest BCUT2D eigenvalue weighted by Gasteiger charge is -2.10. The maximum Gasteiger partial charge on any atom is 0.573 e. The summed E-state index contributed by atoms with van der Waals surface area (Å²) >= 11 is 0. The Hall–Kier alpha value is -2.51. The number of anilines is 1. The fraction of sp³-hybridized carbons (Fsp3) is 0.333. The maximum atomic E-state index is 12.0. The van der Waals surface area contributed by atoms with Crippen molar-refractivity contribution in [2.75, 3.05) is 5.32 Å². The van der Waals surface area contributed by atoms with E-state index in [-0.39, 0.29) is 18.1 Å². The molecule has 0 saturated carbocycles. The highest BCUT2D eigenvalue weighted by Crippen LogP contribution is 2.24. The summed E-state index contributed by atoms with van der Waals surface area (Å²) in [5, 5.41) is 6.41. The number of carbonyl (C=O) groups is 1. The molecule has 0 spiro atoms. The molecule has 2 rings (SSSR count). The number of alkyl halides is 3. The molecule has 1 amide bonds. The summed E-state index contributed by atoms with van der Waals surface area (Å²) in [6, 6.07) is 4.96. The molecule has 1 N–H and O–H groups in total. The second-order valence-electron chi connectivity index (χ2n) is 4.92. The van der Waals surface area contributed by atoms with Crippen LogP contribution in [0.3, 0.4) is 0 Å². The number of aromatic nitrogens is 1. The molecule has 8 heteroatoms. The first-order chi connectivity index (χ1) is 10.7. The third-order valence-corrected chi connectivity index (χ3v) is 3.15. The number of nitrogens with one attached hydrogen (secondary N) is 1. The molecule has 124 valence electrons. The van der Waals surface area contributed by atoms with E-state index >= 15 is 0 Å². The van der Waals surface area contributed by atoms with Crippen molar-refractivity contribution < 1.29 is 27.2 Å². The third-order valence-electron chi connectivity index (χ3n) is 3.15. The van der Waals surface area contributed by atoms with Gasteiger partial charge in [0.2, 0.25) is 5.91 Å². The Bertz CT molecular complexity index is 659. The molecule has 1 aromatic carbocycles. The molecule has 0 aliphatic rings. The largest absolute Gasteiger partial charge is 0.573 e. The Labute approximate surface area is 130 Å². The van der Waals surface area contributed by atoms with E-state index in [2.05, 4.69) is 15.2 Å². The van der Waals surface area contributed by atoms with E-state index in [4.69, 9.17) is 4.52 Å². The van der Waals surface area contributed by atoms with Crippen LogP contribution in [0.25, 0.3) is 0 Å². The van der Waals surface area contributed by atoms with Crippen molar-refractivity contribution in [1.29, 1.82) is 0 Å². The third kappa shape index (κ3) is 5.01. The van der Waals surface area contributed by atoms with Crippen molar-refractivity contribution in [1.82, 2.24) is 5.16 Å². The predicted molar refractivity (Wildman–Crippen MR) is 76.1 cm³/mol. The number of hydrogen-bond acceptors (Lipinski definition) is 4. The molecule has 0 fully saturated rings. The highest BCUT2D eigenvalue weighted by Gasteiger charge is 2.30. The highest BCUT2D eigenvalue weighted by molar-refractivity contribution is 5.90. The van der Waals surface area contributed by atoms with Crippen LogP contribution >= 0.6 is 0 Å². The number of halogens is 3. The zero-order chi connectivity index (χ0) is 17.0. The molecular formula is C15H15F3N2O3. The number of ether oxygens (including phenoxy) is 1. The number of hydrogen-bond donors (Lipinski definition) is 1. The highest BCUT2D eigenvalue weighted by atomic mass is 19.4. The second-order valence-corrected chi connectivity index (χ2v) is 4.92. The van der Waals surface area contributed by atoms with Crippen LogP contribution in [0.4, 0.5) is 18.9 Å². The molecule has 0 bridgehead atoms. The fourth-order valence-electron chi connectivity index (χ4n) is 2.06. The Morgan fingerprint density at radius 1 is 1.26 bits per heavy atom. The molecule has 2 aromatic rings. The first-order valence-electron chi connectivity index (χ1n) is 6.82. The molecule has 0 atom stereocenters. The van der Waals surface area contributed by atoms with Crippen molar-refractivity contribution in [3.8, 4) is 5.75 Å². The molecular weight excluding hydrogens is 313 g/mol. The lowest BCUT2D eigenvalue weighted by molar-refractivity contribution is -0.274. The minimum absolute atomic E-state index is 0.212. The topological polar surface area (TPSA) is 64.4 Å². The quantitative estimate of drug-likeness (QED) is 0.907. The Morgan fingerprint density at radius 2 is 1.91 bits per heavy atom. The molecule has 0 radical (unpaired) electrons. The molecule has 0 saturated heterocycles. The van der Waals surface area contributed by atoms with E-state index in [1.165, 1.54) is 12.1 Å². The summed E-state index contributed by atoms with van der Waals surface area (Å²) in [5.41, 5.74) is 2.02. The van der Waals surface area contributed by atoms with Crippen molar-refractivity contribution in [3.63, 3.8) is 0 Å². The molecule has 0 aliphatic heterocycles. The van der Waals surface area contributed by atoms with Gasteiger partial charge in [0.15, 0.2) is 0 Å². The minimum Gasteiger partial charge on any atom is -0.406 e. The number of rotatable bonds is 5. The molecule has 23 heavy (non-hydrogen) atoms. The van der Waals surface area contributed by atoms with Crippen LogP contribution < -0.4 is 10.1 Å². The molecule has 1 heterocycles. The van der Waals surface area contributed by atoms with Gasteiger partial charge in [-0.05, 0) is 44.5 Å². The van der Waals surface area contributed by atoms with Crippen LogP contribution in [0.5, 0.6) is 5.75 Å². The van der Waals surface area contributed by atoms with Crippen molar-refractivity contribution in [2.45, 2.75) is 33.1 Å². The summed E-state index contributed by atoms with van der Waals surface area (Å²) in [4.78, 5) is 11.9. The fourth-order valence-corrected chi connectivity index (χ4v) is 2.06. The van der Waals surface area contributed by atoms with Crippen LogP contribution in [0.15, 0.2) is 28.8 Å². The van der Waals surface area contributed by atoms with Gasteiger partial charge in [-0.25, -0.2) is 0 Å². The number of amides is 1. The van der Waals surface area contributed by atoms with Crippen LogP contribution in [0, 0.1) is 13.8 Å². The van der Waals surface area contributed by atoms with Gasteiger partial charge in [0.25, 0.3) is 0 Å². The molecule has 1 aromatic heterocycles. The van der Waals surface area contributed by atoms with Crippen molar-refractivity contribution in [2.24, 2.45) is 0 Å². The lowest BCUT2D eigenvalue weighted by Crippen LogP contribution is -2.17. The predicted octanol–water partition coefficient (Wildman–Crippen LogP) is 3.76. The monoisotopic (exact) mass is 328 g/mol. The number of aryl methyl sites for hydroxylation is 2. The van der Waals surface area contributed by atoms with Gasteiger partial charge in [0.1, 0.15) is 11.5 Å². The SMILES string of the molecule is Cc1noc(C)c1CCC(=O)Nc1ccc(OC(F)(F)F)cc1. The second kappa shape index (κ2) is 6.72. The van der Waals surface area contributed by atoms with Gasteiger partial charge in [0, 0.05) is 17.7 Å². The van der Waals surface area contributed by atoms with Gasteiger partial charge in [-0.15, -0.1) is 13.2 Å². The van der Waals surface area contributed by atoms with Crippen LogP contribution in [0.1, 0.15) is 23.4 Å². The summed E-state index contributed by atoms with van der Waals surface area (Å²) in [6.07, 6.45) is -4.05. The Kier molecular flexibility index (Phi) is 4.92. The summed E-state index contributed by atoms with van der Waals surface area (Å²) in [6.45, 7) is 3.57. The standard InChI is InChI=1S/C15H15F3N2O3/c1-9-13(10(2)23-20-9)7-8-14(21)19-11-3-5-12(6-4-11)22-15(16,17)18/h3-6H,7-8H2,1-2H3,(H,19,21). The first-order valence-corrected chi connectivity index (χ1v) is 6.82. The first kappa shape index (κ1) is 16.9. The zero-order valence-electron chi connectivity index (χ0n) is 12.5. The van der Waals surface area contributed by atoms with Gasteiger partial charge < -0.3 is 14.6 Å². The van der Waals surface area contributed by atoms with E-state index in [9.17, 15) is 18.0 Å².